The van der Waals surface area contributed by atoms with Gasteiger partial charge in [0.15, 0.2) is 0 Å². The van der Waals surface area contributed by atoms with E-state index in [0.29, 0.717) is 19.7 Å². The van der Waals surface area contributed by atoms with Gasteiger partial charge < -0.3 is 19.3 Å². The van der Waals surface area contributed by atoms with Gasteiger partial charge in [0.05, 0.1) is 20.8 Å². The summed E-state index contributed by atoms with van der Waals surface area (Å²) in [6.45, 7) is 1.94. The molecule has 6 heteroatoms. The van der Waals surface area contributed by atoms with Crippen LogP contribution in [0.5, 0.6) is 11.5 Å². The van der Waals surface area contributed by atoms with E-state index in [-0.39, 0.29) is 18.6 Å². The molecule has 0 saturated carbocycles. The summed E-state index contributed by atoms with van der Waals surface area (Å²) < 4.78 is 15.8. The highest BCUT2D eigenvalue weighted by Crippen LogP contribution is 2.36. The van der Waals surface area contributed by atoms with Crippen molar-refractivity contribution in [1.29, 1.82) is 0 Å². The van der Waals surface area contributed by atoms with Crippen LogP contribution in [0.4, 0.5) is 0 Å². The van der Waals surface area contributed by atoms with Gasteiger partial charge in [-0.1, -0.05) is 24.3 Å². The fourth-order valence-electron chi connectivity index (χ4n) is 3.85. The Kier molecular flexibility index (Phi) is 7.88. The zero-order valence-corrected chi connectivity index (χ0v) is 17.5. The molecular formula is C24H29NO5. The highest BCUT2D eigenvalue weighted by Gasteiger charge is 2.27. The summed E-state index contributed by atoms with van der Waals surface area (Å²) in [5, 5.41) is 9.57. The van der Waals surface area contributed by atoms with Crippen LogP contribution in [0.25, 0.3) is 6.08 Å². The third-order valence-corrected chi connectivity index (χ3v) is 5.34. The molecule has 0 aliphatic heterocycles. The second-order valence-electron chi connectivity index (χ2n) is 7.16. The van der Waals surface area contributed by atoms with Crippen molar-refractivity contribution in [1.82, 2.24) is 4.90 Å². The van der Waals surface area contributed by atoms with Gasteiger partial charge in [0.2, 0.25) is 0 Å². The monoisotopic (exact) mass is 411 g/mol. The number of carbonyl (C=O) groups is 1. The van der Waals surface area contributed by atoms with Crippen molar-refractivity contribution in [3.63, 3.8) is 0 Å². The first-order valence-corrected chi connectivity index (χ1v) is 10.1. The van der Waals surface area contributed by atoms with Gasteiger partial charge in [0, 0.05) is 31.3 Å². The van der Waals surface area contributed by atoms with Crippen LogP contribution < -0.4 is 9.47 Å². The van der Waals surface area contributed by atoms with E-state index in [1.807, 2.05) is 30.3 Å². The molecule has 0 radical (unpaired) electrons. The van der Waals surface area contributed by atoms with Gasteiger partial charge in [-0.15, -0.1) is 0 Å². The first kappa shape index (κ1) is 21.9. The van der Waals surface area contributed by atoms with Crippen molar-refractivity contribution in [3.8, 4) is 11.5 Å². The maximum Gasteiger partial charge on any atom is 0.330 e. The fraction of sp³-hybridized carbons (Fsp3) is 0.375. The molecule has 0 saturated heterocycles. The van der Waals surface area contributed by atoms with Crippen molar-refractivity contribution in [2.24, 2.45) is 0 Å². The quantitative estimate of drug-likeness (QED) is 0.478. The van der Waals surface area contributed by atoms with Crippen LogP contribution in [0.3, 0.4) is 0 Å². The zero-order chi connectivity index (χ0) is 21.3. The molecule has 160 valence electrons. The van der Waals surface area contributed by atoms with Gasteiger partial charge in [-0.2, -0.15) is 0 Å². The number of ether oxygens (including phenoxy) is 3. The molecule has 1 atom stereocenters. The van der Waals surface area contributed by atoms with Crippen molar-refractivity contribution in [2.45, 2.75) is 18.9 Å². The minimum absolute atomic E-state index is 0.102. The number of nitrogens with zero attached hydrogens (tertiary/aromatic N) is 1. The highest BCUT2D eigenvalue weighted by molar-refractivity contribution is 5.86. The summed E-state index contributed by atoms with van der Waals surface area (Å²) in [7, 11) is 3.00. The topological polar surface area (TPSA) is 68.2 Å². The summed E-state index contributed by atoms with van der Waals surface area (Å²) in [6, 6.07) is 14.1. The Morgan fingerprint density at radius 2 is 2.00 bits per heavy atom. The zero-order valence-electron chi connectivity index (χ0n) is 17.5. The summed E-state index contributed by atoms with van der Waals surface area (Å²) in [5.74, 6) is 1.17. The highest BCUT2D eigenvalue weighted by atomic mass is 16.5. The first-order valence-electron chi connectivity index (χ1n) is 10.1. The lowest BCUT2D eigenvalue weighted by Gasteiger charge is -2.29. The normalized spacial score (nSPS) is 15.4. The van der Waals surface area contributed by atoms with Crippen LogP contribution in [0.2, 0.25) is 0 Å². The van der Waals surface area contributed by atoms with Gasteiger partial charge in [0.1, 0.15) is 18.1 Å². The molecule has 1 N–H and O–H groups in total. The number of fused-ring (bicyclic) bond motifs is 1. The van der Waals surface area contributed by atoms with Crippen LogP contribution in [0.1, 0.15) is 29.2 Å². The Hall–Kier alpha value is -2.83. The Morgan fingerprint density at radius 3 is 2.77 bits per heavy atom. The van der Waals surface area contributed by atoms with Crippen LogP contribution in [-0.4, -0.2) is 56.5 Å². The molecule has 1 aliphatic carbocycles. The molecule has 0 fully saturated rings. The predicted octanol–water partition coefficient (Wildman–Crippen LogP) is 3.24. The molecule has 1 aliphatic rings. The van der Waals surface area contributed by atoms with Crippen molar-refractivity contribution >= 4 is 12.0 Å². The smallest absolute Gasteiger partial charge is 0.330 e. The number of methoxy groups -OCH3 is 2. The number of aryl methyl sites for hydroxylation is 1. The van der Waals surface area contributed by atoms with Gasteiger partial charge >= 0.3 is 5.97 Å². The number of benzene rings is 2. The molecule has 2 aromatic rings. The predicted molar refractivity (Wildman–Crippen MR) is 116 cm³/mol. The number of aliphatic hydroxyl groups is 1. The van der Waals surface area contributed by atoms with E-state index in [1.54, 1.807) is 13.2 Å². The molecule has 1 unspecified atom stereocenters. The Balaban J connectivity index is 1.64. The third-order valence-electron chi connectivity index (χ3n) is 5.34. The fourth-order valence-corrected chi connectivity index (χ4v) is 3.85. The van der Waals surface area contributed by atoms with Crippen molar-refractivity contribution in [3.05, 3.63) is 65.2 Å². The maximum absolute atomic E-state index is 11.3. The summed E-state index contributed by atoms with van der Waals surface area (Å²) in [5.41, 5.74) is 3.54. The van der Waals surface area contributed by atoms with Gasteiger partial charge in [-0.05, 0) is 47.7 Å². The van der Waals surface area contributed by atoms with Crippen LogP contribution in [-0.2, 0) is 16.0 Å². The lowest BCUT2D eigenvalue weighted by molar-refractivity contribution is -0.134. The number of rotatable bonds is 10. The molecule has 0 bridgehead atoms. The SMILES string of the molecule is COC(=O)/C=C/c1ccc2c(c1)CCC2N(CCO)CCOc1cccc(OC)c1. The second-order valence-corrected chi connectivity index (χ2v) is 7.16. The average molecular weight is 411 g/mol. The summed E-state index contributed by atoms with van der Waals surface area (Å²) in [6.07, 6.45) is 5.17. The number of hydrogen-bond acceptors (Lipinski definition) is 6. The van der Waals surface area contributed by atoms with E-state index in [1.165, 1.54) is 24.3 Å². The largest absolute Gasteiger partial charge is 0.497 e. The van der Waals surface area contributed by atoms with E-state index in [4.69, 9.17) is 9.47 Å². The van der Waals surface area contributed by atoms with E-state index in [9.17, 15) is 9.90 Å². The Bertz CT molecular complexity index is 880. The van der Waals surface area contributed by atoms with Crippen molar-refractivity contribution < 1.29 is 24.1 Å². The van der Waals surface area contributed by atoms with Gasteiger partial charge in [0.25, 0.3) is 0 Å². The minimum Gasteiger partial charge on any atom is -0.497 e. The van der Waals surface area contributed by atoms with Crippen molar-refractivity contribution in [2.75, 3.05) is 40.5 Å². The molecule has 6 nitrogen and oxygen atoms in total. The van der Waals surface area contributed by atoms with Gasteiger partial charge in [-0.25, -0.2) is 4.79 Å². The minimum atomic E-state index is -0.362. The summed E-state index contributed by atoms with van der Waals surface area (Å²) >= 11 is 0. The third kappa shape index (κ3) is 5.62. The standard InChI is InChI=1S/C24H29NO5/c1-28-20-4-3-5-21(17-20)30-15-13-25(12-14-26)23-10-8-19-16-18(6-9-22(19)23)7-11-24(27)29-2/h3-7,9,11,16-17,23,26H,8,10,12-15H2,1-2H3/b11-7+. The molecule has 0 spiro atoms. The van der Waals surface area contributed by atoms with E-state index >= 15 is 0 Å². The molecule has 0 aromatic heterocycles. The summed E-state index contributed by atoms with van der Waals surface area (Å²) in [4.78, 5) is 13.6. The lowest BCUT2D eigenvalue weighted by Crippen LogP contribution is -2.34. The number of carbonyl (C=O) groups excluding carboxylic acids is 1. The molecule has 0 amide bonds. The lowest BCUT2D eigenvalue weighted by atomic mass is 10.0. The number of aliphatic hydroxyl groups excluding tert-OH is 1. The molecule has 3 rings (SSSR count). The Labute approximate surface area is 177 Å². The van der Waals surface area contributed by atoms with Crippen LogP contribution in [0.15, 0.2) is 48.5 Å². The first-order chi connectivity index (χ1) is 14.6. The maximum atomic E-state index is 11.3. The number of esters is 1. The Morgan fingerprint density at radius 1 is 1.17 bits per heavy atom. The molecule has 2 aromatic carbocycles. The number of hydrogen-bond donors (Lipinski definition) is 1. The van der Waals surface area contributed by atoms with Crippen LogP contribution in [0, 0.1) is 0 Å². The molecule has 30 heavy (non-hydrogen) atoms. The van der Waals surface area contributed by atoms with Crippen LogP contribution >= 0.6 is 0 Å². The molecular weight excluding hydrogens is 382 g/mol. The molecule has 0 heterocycles. The van der Waals surface area contributed by atoms with Gasteiger partial charge in [-0.3, -0.25) is 4.90 Å². The van der Waals surface area contributed by atoms with E-state index < -0.39 is 0 Å². The van der Waals surface area contributed by atoms with E-state index in [0.717, 1.165) is 29.9 Å². The van der Waals surface area contributed by atoms with E-state index in [2.05, 4.69) is 21.8 Å². The average Bonchev–Trinajstić information content (AvgIpc) is 3.20. The second kappa shape index (κ2) is 10.8.